The van der Waals surface area contributed by atoms with Crippen LogP contribution in [0.15, 0.2) is 36.5 Å². The van der Waals surface area contributed by atoms with Gasteiger partial charge >= 0.3 is 0 Å². The quantitative estimate of drug-likeness (QED) is 0.0420. The molecular formula is C70H135NO3. The average Bonchev–Trinajstić information content (AvgIpc) is 3.40. The molecule has 4 nitrogen and oxygen atoms in total. The van der Waals surface area contributed by atoms with Crippen molar-refractivity contribution in [3.63, 3.8) is 0 Å². The van der Waals surface area contributed by atoms with Gasteiger partial charge in [0.25, 0.3) is 0 Å². The highest BCUT2D eigenvalue weighted by atomic mass is 16.3. The highest BCUT2D eigenvalue weighted by molar-refractivity contribution is 5.76. The average molecular weight is 1040 g/mol. The highest BCUT2D eigenvalue weighted by Gasteiger charge is 2.18. The molecule has 0 saturated carbocycles. The minimum atomic E-state index is -0.870. The van der Waals surface area contributed by atoms with Crippen LogP contribution in [0, 0.1) is 0 Å². The van der Waals surface area contributed by atoms with Crippen molar-refractivity contribution in [2.75, 3.05) is 6.61 Å². The van der Waals surface area contributed by atoms with Crippen molar-refractivity contribution < 1.29 is 15.0 Å². The van der Waals surface area contributed by atoms with E-state index in [0.717, 1.165) is 38.5 Å². The van der Waals surface area contributed by atoms with Gasteiger partial charge in [0.2, 0.25) is 5.91 Å². The van der Waals surface area contributed by atoms with Gasteiger partial charge in [0.05, 0.1) is 18.8 Å². The van der Waals surface area contributed by atoms with Crippen molar-refractivity contribution in [3.05, 3.63) is 36.5 Å². The van der Waals surface area contributed by atoms with Crippen molar-refractivity contribution in [2.24, 2.45) is 0 Å². The standard InChI is InChI=1S/C70H135NO3/c1-3-5-7-9-11-13-15-17-19-21-23-25-27-29-30-31-32-33-34-35-36-37-38-39-40-42-44-46-48-50-52-54-56-58-60-62-64-66-70(74)71-68(67-72)69(73)65-63-61-59-57-55-53-51-49-47-45-43-41-28-26-24-22-20-18-16-14-12-10-8-6-4-2/h47,49,55,57,63,65,68-69,72-73H,3-46,48,50-54,56,58-62,64,66-67H2,1-2H3,(H,71,74)/b49-47+,57-55+,65-63+. The zero-order valence-electron chi connectivity index (χ0n) is 50.6. The lowest BCUT2D eigenvalue weighted by Crippen LogP contribution is -2.45. The number of carbonyl (C=O) groups is 1. The molecule has 0 radical (unpaired) electrons. The molecule has 0 heterocycles. The van der Waals surface area contributed by atoms with Gasteiger partial charge in [-0.1, -0.05) is 371 Å². The van der Waals surface area contributed by atoms with E-state index >= 15 is 0 Å². The molecule has 2 unspecified atom stereocenters. The number of carbonyl (C=O) groups excluding carboxylic acids is 1. The number of rotatable bonds is 64. The monoisotopic (exact) mass is 1040 g/mol. The third kappa shape index (κ3) is 61.5. The second kappa shape index (κ2) is 65.9. The summed E-state index contributed by atoms with van der Waals surface area (Å²) in [7, 11) is 0. The molecule has 0 fully saturated rings. The Labute approximate surface area is 465 Å². The Kier molecular flexibility index (Phi) is 64.7. The zero-order chi connectivity index (χ0) is 53.4. The summed E-state index contributed by atoms with van der Waals surface area (Å²) in [5.74, 6) is -0.0698. The van der Waals surface area contributed by atoms with Gasteiger partial charge in [-0.2, -0.15) is 0 Å². The molecule has 74 heavy (non-hydrogen) atoms. The Balaban J connectivity index is 3.43. The first-order chi connectivity index (χ1) is 36.7. The van der Waals surface area contributed by atoms with E-state index in [1.165, 1.54) is 327 Å². The molecule has 0 bridgehead atoms. The SMILES string of the molecule is CCCCCCCCCCCCCCCCC/C=C/CC/C=C/CC/C=C/C(O)C(CO)NC(=O)CCCCCCCCCCCCCCCCCCCCCCCCCCCCCCCCCCCCCCC. The smallest absolute Gasteiger partial charge is 0.220 e. The molecule has 0 aromatic rings. The summed E-state index contributed by atoms with van der Waals surface area (Å²) in [6.07, 6.45) is 91.0. The fourth-order valence-corrected chi connectivity index (χ4v) is 10.9. The van der Waals surface area contributed by atoms with Crippen LogP contribution in [0.3, 0.4) is 0 Å². The zero-order valence-corrected chi connectivity index (χ0v) is 50.6. The molecule has 3 N–H and O–H groups in total. The fourth-order valence-electron chi connectivity index (χ4n) is 10.9. The molecule has 0 aromatic heterocycles. The van der Waals surface area contributed by atoms with Gasteiger partial charge in [0.1, 0.15) is 0 Å². The molecule has 2 atom stereocenters. The Morgan fingerprint density at radius 2 is 0.527 bits per heavy atom. The molecule has 0 aliphatic rings. The van der Waals surface area contributed by atoms with Crippen LogP contribution in [0.1, 0.15) is 386 Å². The maximum absolute atomic E-state index is 12.5. The van der Waals surface area contributed by atoms with Crippen molar-refractivity contribution in [2.45, 2.75) is 398 Å². The summed E-state index contributed by atoms with van der Waals surface area (Å²) in [4.78, 5) is 12.5. The van der Waals surface area contributed by atoms with E-state index in [0.29, 0.717) is 6.42 Å². The number of aliphatic hydroxyl groups excluding tert-OH is 2. The van der Waals surface area contributed by atoms with Crippen LogP contribution in [0.2, 0.25) is 0 Å². The number of aliphatic hydroxyl groups is 2. The van der Waals surface area contributed by atoms with Gasteiger partial charge in [-0.05, 0) is 44.9 Å². The van der Waals surface area contributed by atoms with E-state index < -0.39 is 12.1 Å². The van der Waals surface area contributed by atoms with E-state index in [4.69, 9.17) is 0 Å². The lowest BCUT2D eigenvalue weighted by atomic mass is 10.0. The normalized spacial score (nSPS) is 12.9. The molecule has 438 valence electrons. The van der Waals surface area contributed by atoms with Crippen LogP contribution < -0.4 is 5.32 Å². The maximum Gasteiger partial charge on any atom is 0.220 e. The predicted octanol–water partition coefficient (Wildman–Crippen LogP) is 23.2. The van der Waals surface area contributed by atoms with E-state index in [1.807, 2.05) is 6.08 Å². The first-order valence-corrected chi connectivity index (χ1v) is 34.2. The van der Waals surface area contributed by atoms with E-state index in [2.05, 4.69) is 43.5 Å². The van der Waals surface area contributed by atoms with Crippen LogP contribution in [0.4, 0.5) is 0 Å². The number of hydrogen-bond donors (Lipinski definition) is 3. The maximum atomic E-state index is 12.5. The summed E-state index contributed by atoms with van der Waals surface area (Å²) in [5, 5.41) is 23.2. The molecule has 4 heteroatoms. The first-order valence-electron chi connectivity index (χ1n) is 34.2. The summed E-state index contributed by atoms with van der Waals surface area (Å²) in [5.41, 5.74) is 0. The van der Waals surface area contributed by atoms with E-state index in [-0.39, 0.29) is 12.5 Å². The van der Waals surface area contributed by atoms with Gasteiger partial charge in [0.15, 0.2) is 0 Å². The second-order valence-electron chi connectivity index (χ2n) is 23.6. The predicted molar refractivity (Wildman–Crippen MR) is 332 cm³/mol. The summed E-state index contributed by atoms with van der Waals surface area (Å²) in [6.45, 7) is 4.34. The van der Waals surface area contributed by atoms with Crippen LogP contribution in [0.25, 0.3) is 0 Å². The first kappa shape index (κ1) is 72.6. The molecule has 0 saturated heterocycles. The Morgan fingerprint density at radius 3 is 0.784 bits per heavy atom. The number of allylic oxidation sites excluding steroid dienone is 5. The third-order valence-electron chi connectivity index (χ3n) is 16.1. The molecule has 1 amide bonds. The minimum Gasteiger partial charge on any atom is -0.394 e. The summed E-state index contributed by atoms with van der Waals surface area (Å²) >= 11 is 0. The van der Waals surface area contributed by atoms with Crippen LogP contribution in [-0.4, -0.2) is 34.9 Å². The topological polar surface area (TPSA) is 69.6 Å². The van der Waals surface area contributed by atoms with Crippen LogP contribution in [-0.2, 0) is 4.79 Å². The number of hydrogen-bond acceptors (Lipinski definition) is 3. The summed E-state index contributed by atoms with van der Waals surface area (Å²) in [6, 6.07) is -0.645. The largest absolute Gasteiger partial charge is 0.394 e. The number of nitrogens with one attached hydrogen (secondary N) is 1. The van der Waals surface area contributed by atoms with Gasteiger partial charge in [-0.25, -0.2) is 0 Å². The molecule has 0 rings (SSSR count). The van der Waals surface area contributed by atoms with Crippen molar-refractivity contribution in [3.8, 4) is 0 Å². The Bertz CT molecular complexity index is 1130. The molecular weight excluding hydrogens is 903 g/mol. The lowest BCUT2D eigenvalue weighted by molar-refractivity contribution is -0.123. The van der Waals surface area contributed by atoms with Crippen molar-refractivity contribution >= 4 is 5.91 Å². The van der Waals surface area contributed by atoms with Gasteiger partial charge in [-0.15, -0.1) is 0 Å². The van der Waals surface area contributed by atoms with Gasteiger partial charge in [-0.3, -0.25) is 4.79 Å². The van der Waals surface area contributed by atoms with Crippen LogP contribution in [0.5, 0.6) is 0 Å². The van der Waals surface area contributed by atoms with E-state index in [1.54, 1.807) is 6.08 Å². The van der Waals surface area contributed by atoms with Crippen molar-refractivity contribution in [1.82, 2.24) is 5.32 Å². The summed E-state index contributed by atoms with van der Waals surface area (Å²) < 4.78 is 0. The van der Waals surface area contributed by atoms with Crippen molar-refractivity contribution in [1.29, 1.82) is 0 Å². The molecule has 0 aliphatic heterocycles. The van der Waals surface area contributed by atoms with Gasteiger partial charge in [0, 0.05) is 6.42 Å². The lowest BCUT2D eigenvalue weighted by Gasteiger charge is -2.19. The Hall–Kier alpha value is -1.39. The van der Waals surface area contributed by atoms with Crippen LogP contribution >= 0.6 is 0 Å². The molecule has 0 aliphatic carbocycles. The minimum absolute atomic E-state index is 0.0698. The molecule has 0 spiro atoms. The van der Waals surface area contributed by atoms with E-state index in [9.17, 15) is 15.0 Å². The Morgan fingerprint density at radius 1 is 0.311 bits per heavy atom. The van der Waals surface area contributed by atoms with Gasteiger partial charge < -0.3 is 15.5 Å². The number of unbranched alkanes of at least 4 members (excludes halogenated alkanes) is 53. The third-order valence-corrected chi connectivity index (χ3v) is 16.1. The highest BCUT2D eigenvalue weighted by Crippen LogP contribution is 2.19. The molecule has 0 aromatic carbocycles. The fraction of sp³-hybridized carbons (Fsp3) is 0.900. The number of amides is 1. The second-order valence-corrected chi connectivity index (χ2v) is 23.6.